The fourth-order valence-electron chi connectivity index (χ4n) is 3.34. The number of allylic oxidation sites excluding steroid dienone is 1. The van der Waals surface area contributed by atoms with Crippen LogP contribution in [0.1, 0.15) is 31.8 Å². The molecule has 0 aromatic heterocycles. The zero-order chi connectivity index (χ0) is 22.0. The van der Waals surface area contributed by atoms with E-state index in [2.05, 4.69) is 0 Å². The minimum Gasteiger partial charge on any atom is -0.493 e. The predicted molar refractivity (Wildman–Crippen MR) is 114 cm³/mol. The fourth-order valence-corrected chi connectivity index (χ4v) is 3.34. The van der Waals surface area contributed by atoms with Crippen molar-refractivity contribution in [3.8, 4) is 11.5 Å². The Kier molecular flexibility index (Phi) is 5.32. The lowest BCUT2D eigenvalue weighted by molar-refractivity contribution is -0.384. The Labute approximate surface area is 177 Å². The Morgan fingerprint density at radius 3 is 2.13 bits per heavy atom. The Hall–Kier alpha value is -4.26. The standard InChI is InChI=1S/C24H17NO6/c1-30-22-13-16(12-20-23(26)18-4-2-3-5-19(18)24(20)27)8-11-21(22)31-14-15-6-9-17(10-7-15)25(28)29/h2-13H,14H2,1H3. The Balaban J connectivity index is 1.53. The van der Waals surface area contributed by atoms with Crippen molar-refractivity contribution in [1.82, 2.24) is 0 Å². The number of Topliss-reactive ketones (excluding diaryl/α,β-unsaturated/α-hetero) is 2. The number of hydrogen-bond donors (Lipinski definition) is 0. The van der Waals surface area contributed by atoms with Gasteiger partial charge in [0, 0.05) is 23.3 Å². The van der Waals surface area contributed by atoms with Crippen LogP contribution in [0.2, 0.25) is 0 Å². The van der Waals surface area contributed by atoms with Gasteiger partial charge in [-0.2, -0.15) is 0 Å². The molecule has 4 rings (SSSR count). The molecule has 0 heterocycles. The van der Waals surface area contributed by atoms with Gasteiger partial charge >= 0.3 is 0 Å². The van der Waals surface area contributed by atoms with Crippen LogP contribution in [0.15, 0.2) is 72.3 Å². The molecule has 0 spiro atoms. The van der Waals surface area contributed by atoms with E-state index in [1.54, 1.807) is 60.7 Å². The van der Waals surface area contributed by atoms with Gasteiger partial charge in [-0.15, -0.1) is 0 Å². The smallest absolute Gasteiger partial charge is 0.269 e. The van der Waals surface area contributed by atoms with Gasteiger partial charge in [-0.25, -0.2) is 0 Å². The third-order valence-corrected chi connectivity index (χ3v) is 4.95. The van der Waals surface area contributed by atoms with Crippen LogP contribution in [0.25, 0.3) is 6.08 Å². The maximum absolute atomic E-state index is 12.6. The molecule has 0 radical (unpaired) electrons. The highest BCUT2D eigenvalue weighted by Gasteiger charge is 2.32. The van der Waals surface area contributed by atoms with E-state index in [4.69, 9.17) is 9.47 Å². The second kappa shape index (κ2) is 8.23. The van der Waals surface area contributed by atoms with Crippen LogP contribution >= 0.6 is 0 Å². The monoisotopic (exact) mass is 415 g/mol. The van der Waals surface area contributed by atoms with Gasteiger partial charge in [0.05, 0.1) is 17.6 Å². The van der Waals surface area contributed by atoms with Crippen molar-refractivity contribution >= 4 is 23.3 Å². The van der Waals surface area contributed by atoms with Gasteiger partial charge in [-0.1, -0.05) is 30.3 Å². The van der Waals surface area contributed by atoms with Crippen LogP contribution in [-0.2, 0) is 6.61 Å². The van der Waals surface area contributed by atoms with Crippen LogP contribution in [0.3, 0.4) is 0 Å². The fraction of sp³-hybridized carbons (Fsp3) is 0.0833. The van der Waals surface area contributed by atoms with Gasteiger partial charge in [0.25, 0.3) is 5.69 Å². The van der Waals surface area contributed by atoms with Crippen LogP contribution in [-0.4, -0.2) is 23.6 Å². The molecule has 1 aliphatic rings. The van der Waals surface area contributed by atoms with Crippen LogP contribution in [0, 0.1) is 10.1 Å². The summed E-state index contributed by atoms with van der Waals surface area (Å²) < 4.78 is 11.2. The number of ether oxygens (including phenoxy) is 2. The first-order valence-corrected chi connectivity index (χ1v) is 9.42. The summed E-state index contributed by atoms with van der Waals surface area (Å²) in [5.74, 6) is 0.318. The molecule has 0 unspecified atom stereocenters. The number of rotatable bonds is 6. The van der Waals surface area contributed by atoms with Crippen LogP contribution in [0.5, 0.6) is 11.5 Å². The molecule has 0 fully saturated rings. The molecule has 154 valence electrons. The van der Waals surface area contributed by atoms with E-state index in [-0.39, 0.29) is 29.4 Å². The van der Waals surface area contributed by atoms with Gasteiger partial charge in [-0.3, -0.25) is 19.7 Å². The third kappa shape index (κ3) is 3.93. The lowest BCUT2D eigenvalue weighted by Gasteiger charge is -2.11. The minimum atomic E-state index is -0.459. The summed E-state index contributed by atoms with van der Waals surface area (Å²) in [5.41, 5.74) is 2.34. The summed E-state index contributed by atoms with van der Waals surface area (Å²) in [4.78, 5) is 35.4. The summed E-state index contributed by atoms with van der Waals surface area (Å²) in [6.07, 6.45) is 1.55. The van der Waals surface area contributed by atoms with E-state index >= 15 is 0 Å². The first-order valence-electron chi connectivity index (χ1n) is 9.42. The number of carbonyl (C=O) groups excluding carboxylic acids is 2. The predicted octanol–water partition coefficient (Wildman–Crippen LogP) is 4.65. The SMILES string of the molecule is COc1cc(C=C2C(=O)c3ccccc3C2=O)ccc1OCc1ccc([N+](=O)[O-])cc1. The van der Waals surface area contributed by atoms with E-state index in [9.17, 15) is 19.7 Å². The molecule has 31 heavy (non-hydrogen) atoms. The minimum absolute atomic E-state index is 0.0110. The summed E-state index contributed by atoms with van der Waals surface area (Å²) in [6.45, 7) is 0.196. The second-order valence-corrected chi connectivity index (χ2v) is 6.88. The first-order chi connectivity index (χ1) is 15.0. The molecule has 0 saturated carbocycles. The van der Waals surface area contributed by atoms with Gasteiger partial charge in [0.15, 0.2) is 23.1 Å². The Morgan fingerprint density at radius 1 is 0.903 bits per heavy atom. The van der Waals surface area contributed by atoms with Crippen molar-refractivity contribution in [2.75, 3.05) is 7.11 Å². The van der Waals surface area contributed by atoms with Crippen molar-refractivity contribution in [3.63, 3.8) is 0 Å². The highest BCUT2D eigenvalue weighted by atomic mass is 16.6. The lowest BCUT2D eigenvalue weighted by Crippen LogP contribution is -2.01. The molecule has 0 amide bonds. The third-order valence-electron chi connectivity index (χ3n) is 4.95. The number of hydrogen-bond acceptors (Lipinski definition) is 6. The topological polar surface area (TPSA) is 95.7 Å². The van der Waals surface area contributed by atoms with E-state index in [1.807, 2.05) is 0 Å². The van der Waals surface area contributed by atoms with E-state index < -0.39 is 4.92 Å². The average Bonchev–Trinajstić information content (AvgIpc) is 3.03. The number of nitro groups is 1. The summed E-state index contributed by atoms with van der Waals surface area (Å²) in [7, 11) is 1.49. The number of ketones is 2. The maximum Gasteiger partial charge on any atom is 0.269 e. The van der Waals surface area contributed by atoms with Crippen molar-refractivity contribution < 1.29 is 24.0 Å². The van der Waals surface area contributed by atoms with Crippen molar-refractivity contribution in [2.45, 2.75) is 6.61 Å². The van der Waals surface area contributed by atoms with E-state index in [0.29, 0.717) is 28.2 Å². The van der Waals surface area contributed by atoms with Crippen LogP contribution in [0.4, 0.5) is 5.69 Å². The number of carbonyl (C=O) groups is 2. The molecule has 3 aromatic rings. The molecule has 0 bridgehead atoms. The van der Waals surface area contributed by atoms with E-state index in [1.165, 1.54) is 19.2 Å². The number of benzene rings is 3. The number of nitrogens with zero attached hydrogens (tertiary/aromatic N) is 1. The summed E-state index contributed by atoms with van der Waals surface area (Å²) in [5, 5.41) is 10.7. The molecule has 0 N–H and O–H groups in total. The molecule has 0 aliphatic heterocycles. The number of non-ortho nitro benzene ring substituents is 1. The van der Waals surface area contributed by atoms with Gasteiger partial charge in [0.2, 0.25) is 0 Å². The Bertz CT molecular complexity index is 1190. The summed E-state index contributed by atoms with van der Waals surface area (Å²) >= 11 is 0. The lowest BCUT2D eigenvalue weighted by atomic mass is 10.1. The van der Waals surface area contributed by atoms with Gasteiger partial charge in [-0.05, 0) is 41.5 Å². The summed E-state index contributed by atoms with van der Waals surface area (Å²) in [6, 6.07) is 17.9. The normalized spacial score (nSPS) is 12.5. The van der Waals surface area contributed by atoms with Crippen molar-refractivity contribution in [3.05, 3.63) is 105 Å². The molecule has 7 heteroatoms. The van der Waals surface area contributed by atoms with Crippen molar-refractivity contribution in [1.29, 1.82) is 0 Å². The number of nitro benzene ring substituents is 1. The zero-order valence-electron chi connectivity index (χ0n) is 16.5. The molecule has 0 saturated heterocycles. The molecule has 0 atom stereocenters. The highest BCUT2D eigenvalue weighted by molar-refractivity contribution is 6.41. The quantitative estimate of drug-likeness (QED) is 0.252. The zero-order valence-corrected chi connectivity index (χ0v) is 16.5. The molecule has 1 aliphatic carbocycles. The molecular weight excluding hydrogens is 398 g/mol. The van der Waals surface area contributed by atoms with Crippen molar-refractivity contribution in [2.24, 2.45) is 0 Å². The number of methoxy groups -OCH3 is 1. The highest BCUT2D eigenvalue weighted by Crippen LogP contribution is 2.32. The first kappa shape index (κ1) is 20.0. The second-order valence-electron chi connectivity index (χ2n) is 6.88. The molecule has 3 aromatic carbocycles. The average molecular weight is 415 g/mol. The van der Waals surface area contributed by atoms with Crippen LogP contribution < -0.4 is 9.47 Å². The van der Waals surface area contributed by atoms with Gasteiger partial charge in [0.1, 0.15) is 6.61 Å². The van der Waals surface area contributed by atoms with Gasteiger partial charge < -0.3 is 9.47 Å². The maximum atomic E-state index is 12.6. The Morgan fingerprint density at radius 2 is 1.55 bits per heavy atom. The number of fused-ring (bicyclic) bond motifs is 1. The largest absolute Gasteiger partial charge is 0.493 e. The van der Waals surface area contributed by atoms with E-state index in [0.717, 1.165) is 5.56 Å². The molecule has 7 nitrogen and oxygen atoms in total. The molecular formula is C24H17NO6.